The van der Waals surface area contributed by atoms with Gasteiger partial charge < -0.3 is 29.4 Å². The average Bonchev–Trinajstić information content (AvgIpc) is 3.27. The Morgan fingerprint density at radius 1 is 1.35 bits per heavy atom. The Labute approximate surface area is 185 Å². The number of hydrogen-bond donors (Lipinski definition) is 2. The molecular weight excluding hydrogens is 396 g/mol. The number of nitrogens with one attached hydrogen (secondary N) is 2. The number of likely N-dealkylation sites (tertiary alicyclic amines) is 1. The number of aliphatic imine (C=N–C) groups is 1. The number of guanidine groups is 1. The maximum Gasteiger partial charge on any atom is 0.409 e. The van der Waals surface area contributed by atoms with Crippen LogP contribution in [-0.2, 0) is 15.9 Å². The molecule has 1 aromatic heterocycles. The lowest BCUT2D eigenvalue weighted by Gasteiger charge is -2.41. The number of rotatable bonds is 10. The fraction of sp³-hybridized carbons (Fsp3) is 0.739. The second kappa shape index (κ2) is 12.0. The Bertz CT molecular complexity index is 680. The van der Waals surface area contributed by atoms with Crippen molar-refractivity contribution in [3.63, 3.8) is 0 Å². The first-order chi connectivity index (χ1) is 15.1. The van der Waals surface area contributed by atoms with E-state index in [0.717, 1.165) is 57.1 Å². The lowest BCUT2D eigenvalue weighted by Crippen LogP contribution is -2.50. The summed E-state index contributed by atoms with van der Waals surface area (Å²) in [5.41, 5.74) is 0.277. The predicted molar refractivity (Wildman–Crippen MR) is 120 cm³/mol. The number of amides is 1. The van der Waals surface area contributed by atoms with E-state index in [0.29, 0.717) is 19.7 Å². The highest BCUT2D eigenvalue weighted by atomic mass is 16.6. The summed E-state index contributed by atoms with van der Waals surface area (Å²) in [5, 5.41) is 7.08. The van der Waals surface area contributed by atoms with Crippen molar-refractivity contribution in [3.8, 4) is 0 Å². The number of carbonyl (C=O) groups excluding carboxylic acids is 1. The normalized spacial score (nSPS) is 19.0. The van der Waals surface area contributed by atoms with Crippen molar-refractivity contribution in [2.24, 2.45) is 10.4 Å². The lowest BCUT2D eigenvalue weighted by atomic mass is 9.67. The third-order valence-corrected chi connectivity index (χ3v) is 6.43. The van der Waals surface area contributed by atoms with Crippen molar-refractivity contribution in [2.75, 3.05) is 46.5 Å². The molecule has 1 aromatic rings. The topological polar surface area (TPSA) is 88.3 Å². The Morgan fingerprint density at radius 3 is 2.77 bits per heavy atom. The van der Waals surface area contributed by atoms with Gasteiger partial charge in [0.15, 0.2) is 5.96 Å². The molecule has 1 aliphatic carbocycles. The van der Waals surface area contributed by atoms with Crippen LogP contribution in [0.15, 0.2) is 27.8 Å². The van der Waals surface area contributed by atoms with Gasteiger partial charge in [0.25, 0.3) is 0 Å². The van der Waals surface area contributed by atoms with E-state index in [1.54, 1.807) is 18.3 Å². The summed E-state index contributed by atoms with van der Waals surface area (Å²) in [6.45, 7) is 6.02. The van der Waals surface area contributed by atoms with Crippen LogP contribution in [0.3, 0.4) is 0 Å². The number of carbonyl (C=O) groups is 1. The number of furan rings is 1. The quantitative estimate of drug-likeness (QED) is 0.434. The first kappa shape index (κ1) is 23.4. The molecule has 0 bridgehead atoms. The molecule has 0 aromatic carbocycles. The van der Waals surface area contributed by atoms with E-state index in [1.165, 1.54) is 19.3 Å². The summed E-state index contributed by atoms with van der Waals surface area (Å²) in [4.78, 5) is 18.7. The molecule has 8 heteroatoms. The highest BCUT2D eigenvalue weighted by Crippen LogP contribution is 2.44. The van der Waals surface area contributed by atoms with Crippen molar-refractivity contribution in [3.05, 3.63) is 24.2 Å². The smallest absolute Gasteiger partial charge is 0.409 e. The van der Waals surface area contributed by atoms with Crippen molar-refractivity contribution in [1.82, 2.24) is 15.5 Å². The molecule has 2 fully saturated rings. The highest BCUT2D eigenvalue weighted by molar-refractivity contribution is 5.80. The number of nitrogens with zero attached hydrogens (tertiary/aromatic N) is 2. The monoisotopic (exact) mass is 434 g/mol. The standard InChI is InChI=1S/C23H38N4O4/c1-3-30-22(28)27-14-8-19(9-15-27)26-21(24-13-7-20-6-4-16-31-20)25-18-23(10-5-11-23)12-17-29-2/h4,6,16,19H,3,5,7-15,17-18H2,1-2H3,(H2,24,25,26). The van der Waals surface area contributed by atoms with Crippen LogP contribution in [0.25, 0.3) is 0 Å². The Morgan fingerprint density at radius 2 is 2.16 bits per heavy atom. The van der Waals surface area contributed by atoms with E-state index >= 15 is 0 Å². The first-order valence-corrected chi connectivity index (χ1v) is 11.6. The van der Waals surface area contributed by atoms with Crippen LogP contribution in [0, 0.1) is 5.41 Å². The Kier molecular flexibility index (Phi) is 9.06. The van der Waals surface area contributed by atoms with Crippen molar-refractivity contribution >= 4 is 12.1 Å². The van der Waals surface area contributed by atoms with Gasteiger partial charge in [-0.2, -0.15) is 0 Å². The van der Waals surface area contributed by atoms with Crippen molar-refractivity contribution in [1.29, 1.82) is 0 Å². The molecule has 2 heterocycles. The van der Waals surface area contributed by atoms with E-state index in [9.17, 15) is 4.79 Å². The molecule has 31 heavy (non-hydrogen) atoms. The van der Waals surface area contributed by atoms with Gasteiger partial charge in [-0.3, -0.25) is 4.99 Å². The molecule has 3 rings (SSSR count). The Hall–Kier alpha value is -2.22. The summed E-state index contributed by atoms with van der Waals surface area (Å²) >= 11 is 0. The molecule has 174 valence electrons. The van der Waals surface area contributed by atoms with Crippen LogP contribution in [-0.4, -0.2) is 69.5 Å². The minimum absolute atomic E-state index is 0.212. The van der Waals surface area contributed by atoms with E-state index < -0.39 is 0 Å². The average molecular weight is 435 g/mol. The molecule has 2 N–H and O–H groups in total. The summed E-state index contributed by atoms with van der Waals surface area (Å²) < 4.78 is 15.9. The Balaban J connectivity index is 1.54. The van der Waals surface area contributed by atoms with Crippen molar-refractivity contribution < 1.29 is 18.7 Å². The third kappa shape index (κ3) is 7.16. The van der Waals surface area contributed by atoms with Gasteiger partial charge >= 0.3 is 6.09 Å². The minimum atomic E-state index is -0.212. The van der Waals surface area contributed by atoms with Crippen LogP contribution in [0.4, 0.5) is 4.79 Å². The second-order valence-corrected chi connectivity index (χ2v) is 8.62. The zero-order valence-corrected chi connectivity index (χ0v) is 19.0. The molecule has 2 aliphatic rings. The van der Waals surface area contributed by atoms with Crippen LogP contribution < -0.4 is 10.6 Å². The van der Waals surface area contributed by atoms with Crippen LogP contribution >= 0.6 is 0 Å². The first-order valence-electron chi connectivity index (χ1n) is 11.6. The maximum atomic E-state index is 11.9. The van der Waals surface area contributed by atoms with Crippen LogP contribution in [0.5, 0.6) is 0 Å². The predicted octanol–water partition coefficient (Wildman–Crippen LogP) is 3.19. The second-order valence-electron chi connectivity index (χ2n) is 8.62. The third-order valence-electron chi connectivity index (χ3n) is 6.43. The molecule has 1 saturated heterocycles. The maximum absolute atomic E-state index is 11.9. The van der Waals surface area contributed by atoms with E-state index in [4.69, 9.17) is 18.9 Å². The molecule has 0 radical (unpaired) electrons. The SMILES string of the molecule is CCOC(=O)N1CCC(NC(=NCC2(CCOC)CCC2)NCCc2ccco2)CC1. The van der Waals surface area contributed by atoms with Crippen LogP contribution in [0.2, 0.25) is 0 Å². The molecule has 8 nitrogen and oxygen atoms in total. The van der Waals surface area contributed by atoms with Gasteiger partial charge in [-0.05, 0) is 56.6 Å². The minimum Gasteiger partial charge on any atom is -0.469 e. The number of ether oxygens (including phenoxy) is 2. The fourth-order valence-electron chi connectivity index (χ4n) is 4.26. The molecule has 1 saturated carbocycles. The van der Waals surface area contributed by atoms with Crippen LogP contribution in [0.1, 0.15) is 51.2 Å². The molecular formula is C23H38N4O4. The van der Waals surface area contributed by atoms with Gasteiger partial charge in [-0.25, -0.2) is 4.79 Å². The van der Waals surface area contributed by atoms with Gasteiger partial charge in [-0.15, -0.1) is 0 Å². The van der Waals surface area contributed by atoms with Crippen molar-refractivity contribution in [2.45, 2.75) is 57.9 Å². The number of methoxy groups -OCH3 is 1. The summed E-state index contributed by atoms with van der Waals surface area (Å²) in [7, 11) is 1.77. The van der Waals surface area contributed by atoms with Gasteiger partial charge in [0, 0.05) is 52.4 Å². The van der Waals surface area contributed by atoms with Gasteiger partial charge in [0.1, 0.15) is 5.76 Å². The molecule has 0 atom stereocenters. The fourth-order valence-corrected chi connectivity index (χ4v) is 4.26. The zero-order valence-electron chi connectivity index (χ0n) is 19.0. The van der Waals surface area contributed by atoms with Gasteiger partial charge in [0.05, 0.1) is 12.9 Å². The molecule has 0 unspecified atom stereocenters. The summed E-state index contributed by atoms with van der Waals surface area (Å²) in [5.74, 6) is 1.81. The number of hydrogen-bond acceptors (Lipinski definition) is 5. The van der Waals surface area contributed by atoms with Gasteiger partial charge in [0.2, 0.25) is 0 Å². The summed E-state index contributed by atoms with van der Waals surface area (Å²) in [6, 6.07) is 4.19. The van der Waals surface area contributed by atoms with E-state index in [-0.39, 0.29) is 17.6 Å². The highest BCUT2D eigenvalue weighted by Gasteiger charge is 2.36. The van der Waals surface area contributed by atoms with E-state index in [1.807, 2.05) is 19.1 Å². The van der Waals surface area contributed by atoms with Gasteiger partial charge in [-0.1, -0.05) is 6.42 Å². The van der Waals surface area contributed by atoms with E-state index in [2.05, 4.69) is 10.6 Å². The zero-order chi connectivity index (χ0) is 21.9. The largest absolute Gasteiger partial charge is 0.469 e. The number of piperidine rings is 1. The molecule has 0 spiro atoms. The molecule has 1 amide bonds. The molecule has 1 aliphatic heterocycles. The summed E-state index contributed by atoms with van der Waals surface area (Å²) in [6.07, 6.45) is 8.84. The lowest BCUT2D eigenvalue weighted by molar-refractivity contribution is 0.0777.